The summed E-state index contributed by atoms with van der Waals surface area (Å²) in [5, 5.41) is 20.4. The molecular weight excluding hydrogens is 656 g/mol. The Kier molecular flexibility index (Phi) is 8.00. The summed E-state index contributed by atoms with van der Waals surface area (Å²) in [5.41, 5.74) is 6.07. The molecule has 0 saturated heterocycles. The third-order valence-electron chi connectivity index (χ3n) is 8.85. The van der Waals surface area contributed by atoms with Crippen LogP contribution in [-0.4, -0.2) is 37.0 Å². The van der Waals surface area contributed by atoms with Gasteiger partial charge in [-0.2, -0.15) is 5.10 Å². The molecule has 0 spiro atoms. The molecular formula is C35H31ClN4O3S3. The third kappa shape index (κ3) is 5.29. The molecule has 0 aliphatic carbocycles. The quantitative estimate of drug-likeness (QED) is 0.185. The van der Waals surface area contributed by atoms with Crippen molar-refractivity contribution in [3.8, 4) is 16.9 Å². The van der Waals surface area contributed by atoms with Crippen molar-refractivity contribution < 1.29 is 14.6 Å². The summed E-state index contributed by atoms with van der Waals surface area (Å²) in [6.07, 6.45) is 5.19. The van der Waals surface area contributed by atoms with Crippen LogP contribution in [0.1, 0.15) is 50.2 Å². The van der Waals surface area contributed by atoms with Crippen LogP contribution in [0.25, 0.3) is 32.8 Å². The fraction of sp³-hybridized carbons (Fsp3) is 0.286. The molecule has 0 atom stereocenters. The number of aromatic carboxylic acids is 1. The van der Waals surface area contributed by atoms with Crippen molar-refractivity contribution in [2.75, 3.05) is 6.61 Å². The number of aromatic nitrogens is 4. The molecule has 8 rings (SSSR count). The third-order valence-corrected chi connectivity index (χ3v) is 12.5. The topological polar surface area (TPSA) is 82.2 Å². The number of carboxylic acids is 1. The molecule has 0 amide bonds. The lowest BCUT2D eigenvalue weighted by Gasteiger charge is -2.12. The molecule has 7 nitrogen and oxygen atoms in total. The minimum Gasteiger partial charge on any atom is -0.493 e. The number of benzene rings is 3. The van der Waals surface area contributed by atoms with E-state index in [9.17, 15) is 9.90 Å². The number of nitrogens with zero attached hydrogens (tertiary/aromatic N) is 4. The fourth-order valence-corrected chi connectivity index (χ4v) is 10.1. The first-order valence-electron chi connectivity index (χ1n) is 15.4. The van der Waals surface area contributed by atoms with Crippen LogP contribution >= 0.6 is 46.5 Å². The first-order valence-corrected chi connectivity index (χ1v) is 18.7. The summed E-state index contributed by atoms with van der Waals surface area (Å²) in [6, 6.07) is 16.5. The standard InChI is InChI=1S/C35H31ClN4O3S3/c1-39-33-25-10-11-26(36)31(33)32-27(38-40-12-4-9-28(32)40)18-44-19-30-37-16-22(46-30)17-45-21-14-20-6-2-3-7-23(20)29(15-21)43-13-5-8-24(25)34(39)35(41)42/h2-3,6-7,10-11,14-16H,4-5,8-9,12-13,17-19H2,1H3,(H,41,42). The first-order chi connectivity index (χ1) is 22.5. The average molecular weight is 687 g/mol. The van der Waals surface area contributed by atoms with Crippen LogP contribution in [0.2, 0.25) is 5.02 Å². The van der Waals surface area contributed by atoms with Gasteiger partial charge in [-0.3, -0.25) is 4.68 Å². The minimum absolute atomic E-state index is 0.295. The Hall–Kier alpha value is -3.44. The van der Waals surface area contributed by atoms with Crippen LogP contribution in [-0.2, 0) is 43.7 Å². The second-order valence-corrected chi connectivity index (χ2v) is 15.3. The zero-order chi connectivity index (χ0) is 31.4. The van der Waals surface area contributed by atoms with Crippen molar-refractivity contribution in [2.45, 2.75) is 54.4 Å². The molecule has 0 radical (unpaired) electrons. The SMILES string of the molecule is Cn1c(C(=O)O)c2c3ccc(Cl)c(c31)-c1c(nn3c1CCC3)CSCc1ncc(s1)CSc1cc(c3ccccc3c1)OCCC2. The molecule has 6 aromatic rings. The van der Waals surface area contributed by atoms with Gasteiger partial charge in [0.25, 0.3) is 0 Å². The molecule has 3 aromatic heterocycles. The van der Waals surface area contributed by atoms with Crippen LogP contribution in [0.15, 0.2) is 59.6 Å². The summed E-state index contributed by atoms with van der Waals surface area (Å²) in [6.45, 7) is 1.34. The molecule has 0 fully saturated rings. The van der Waals surface area contributed by atoms with Crippen molar-refractivity contribution in [1.29, 1.82) is 0 Å². The largest absolute Gasteiger partial charge is 0.493 e. The van der Waals surface area contributed by atoms with Gasteiger partial charge in [-0.05, 0) is 54.8 Å². The molecule has 3 aromatic carbocycles. The number of fused-ring (bicyclic) bond motifs is 10. The van der Waals surface area contributed by atoms with E-state index < -0.39 is 5.97 Å². The molecule has 46 heavy (non-hydrogen) atoms. The van der Waals surface area contributed by atoms with Crippen LogP contribution in [0.4, 0.5) is 0 Å². The second kappa shape index (κ2) is 12.3. The second-order valence-electron chi connectivity index (χ2n) is 11.7. The monoisotopic (exact) mass is 686 g/mol. The number of hydrogen-bond acceptors (Lipinski definition) is 7. The number of halogens is 1. The van der Waals surface area contributed by atoms with E-state index >= 15 is 0 Å². The number of thioether (sulfide) groups is 2. The normalized spacial score (nSPS) is 15.4. The highest BCUT2D eigenvalue weighted by Crippen LogP contribution is 2.44. The van der Waals surface area contributed by atoms with Gasteiger partial charge in [0, 0.05) is 74.4 Å². The zero-order valence-corrected chi connectivity index (χ0v) is 28.4. The van der Waals surface area contributed by atoms with Gasteiger partial charge in [0.15, 0.2) is 0 Å². The van der Waals surface area contributed by atoms with Crippen LogP contribution in [0.5, 0.6) is 5.75 Å². The van der Waals surface area contributed by atoms with E-state index in [1.807, 2.05) is 36.0 Å². The molecule has 0 saturated carbocycles. The van der Waals surface area contributed by atoms with Crippen LogP contribution in [0, 0.1) is 0 Å². The fourth-order valence-electron chi connectivity index (χ4n) is 6.89. The zero-order valence-electron chi connectivity index (χ0n) is 25.2. The lowest BCUT2D eigenvalue weighted by molar-refractivity contribution is 0.0685. The smallest absolute Gasteiger partial charge is 0.352 e. The van der Waals surface area contributed by atoms with Crippen molar-refractivity contribution in [1.82, 2.24) is 19.3 Å². The van der Waals surface area contributed by atoms with Crippen molar-refractivity contribution in [3.63, 3.8) is 0 Å². The highest BCUT2D eigenvalue weighted by atomic mass is 35.5. The van der Waals surface area contributed by atoms with Crippen molar-refractivity contribution >= 4 is 74.1 Å². The van der Waals surface area contributed by atoms with E-state index in [1.165, 1.54) is 10.6 Å². The molecule has 234 valence electrons. The lowest BCUT2D eigenvalue weighted by Crippen LogP contribution is -2.09. The lowest BCUT2D eigenvalue weighted by atomic mass is 9.97. The highest BCUT2D eigenvalue weighted by Gasteiger charge is 2.29. The maximum absolute atomic E-state index is 12.8. The number of hydrogen-bond donors (Lipinski definition) is 1. The van der Waals surface area contributed by atoms with Crippen LogP contribution in [0.3, 0.4) is 0 Å². The van der Waals surface area contributed by atoms with E-state index in [-0.39, 0.29) is 0 Å². The molecule has 1 N–H and O–H groups in total. The Balaban J connectivity index is 1.25. The number of carbonyl (C=O) groups is 1. The Bertz CT molecular complexity index is 2150. The van der Waals surface area contributed by atoms with Gasteiger partial charge in [0.05, 0.1) is 22.8 Å². The number of ether oxygens (including phenoxy) is 1. The van der Waals surface area contributed by atoms with E-state index in [1.54, 1.807) is 34.9 Å². The van der Waals surface area contributed by atoms with Crippen LogP contribution < -0.4 is 4.74 Å². The molecule has 0 unspecified atom stereocenters. The van der Waals surface area contributed by atoms with Gasteiger partial charge in [-0.15, -0.1) is 34.9 Å². The molecule has 8 bridgehead atoms. The minimum atomic E-state index is -0.944. The van der Waals surface area contributed by atoms with E-state index in [0.29, 0.717) is 35.9 Å². The van der Waals surface area contributed by atoms with E-state index in [2.05, 4.69) is 35.0 Å². The van der Waals surface area contributed by atoms with Gasteiger partial charge >= 0.3 is 5.97 Å². The Morgan fingerprint density at radius 1 is 1.02 bits per heavy atom. The number of rotatable bonds is 1. The van der Waals surface area contributed by atoms with Gasteiger partial charge in [0.2, 0.25) is 0 Å². The molecule has 5 heterocycles. The molecule has 2 aliphatic rings. The van der Waals surface area contributed by atoms with Crippen molar-refractivity contribution in [2.24, 2.45) is 7.05 Å². The average Bonchev–Trinajstić information content (AvgIpc) is 3.82. The predicted molar refractivity (Wildman–Crippen MR) is 189 cm³/mol. The summed E-state index contributed by atoms with van der Waals surface area (Å²) in [7, 11) is 1.84. The highest BCUT2D eigenvalue weighted by molar-refractivity contribution is 7.98. The van der Waals surface area contributed by atoms with Gasteiger partial charge in [-0.25, -0.2) is 9.78 Å². The number of carboxylic acid groups (broad SMARTS) is 1. The molecule has 11 heteroatoms. The maximum atomic E-state index is 12.8. The summed E-state index contributed by atoms with van der Waals surface area (Å²) in [5.74, 6) is 2.25. The van der Waals surface area contributed by atoms with E-state index in [0.717, 1.165) is 90.6 Å². The Morgan fingerprint density at radius 2 is 1.91 bits per heavy atom. The summed E-state index contributed by atoms with van der Waals surface area (Å²) >= 11 is 12.4. The van der Waals surface area contributed by atoms with E-state index in [4.69, 9.17) is 26.4 Å². The Morgan fingerprint density at radius 3 is 2.80 bits per heavy atom. The first kappa shape index (κ1) is 29.9. The number of aryl methyl sites for hydroxylation is 3. The molecule has 2 aliphatic heterocycles. The number of thiazole rings is 1. The maximum Gasteiger partial charge on any atom is 0.352 e. The predicted octanol–water partition coefficient (Wildman–Crippen LogP) is 9.00. The van der Waals surface area contributed by atoms with Gasteiger partial charge in [0.1, 0.15) is 16.5 Å². The van der Waals surface area contributed by atoms with Crippen molar-refractivity contribution in [3.05, 3.63) is 92.3 Å². The Labute approximate surface area is 283 Å². The van der Waals surface area contributed by atoms with Gasteiger partial charge < -0.3 is 14.4 Å². The summed E-state index contributed by atoms with van der Waals surface area (Å²) in [4.78, 5) is 19.9. The summed E-state index contributed by atoms with van der Waals surface area (Å²) < 4.78 is 10.4. The van der Waals surface area contributed by atoms with Gasteiger partial charge in [-0.1, -0.05) is 41.9 Å².